The zero-order valence-electron chi connectivity index (χ0n) is 13.0. The van der Waals surface area contributed by atoms with Crippen LogP contribution < -0.4 is 0 Å². The number of hydrogen-bond donors (Lipinski definition) is 0. The molecule has 0 saturated carbocycles. The molecule has 3 nitrogen and oxygen atoms in total. The van der Waals surface area contributed by atoms with Crippen LogP contribution in [0, 0.1) is 0 Å². The summed E-state index contributed by atoms with van der Waals surface area (Å²) < 4.78 is 228. The molecule has 21 heteroatoms. The predicted octanol–water partition coefficient (Wildman–Crippen LogP) is 6.75. The van der Waals surface area contributed by atoms with Gasteiger partial charge in [0.15, 0.2) is 0 Å². The van der Waals surface area contributed by atoms with Gasteiger partial charge in [0, 0.05) is 0 Å². The van der Waals surface area contributed by atoms with E-state index in [1.807, 2.05) is 0 Å². The second kappa shape index (κ2) is 8.47. The number of halogens is 18. The monoisotopic (exact) mass is 510 g/mol. The first-order chi connectivity index (χ1) is 13.3. The lowest BCUT2D eigenvalue weighted by molar-refractivity contribution is -0.440. The number of rotatable bonds is 6. The van der Waals surface area contributed by atoms with E-state index in [4.69, 9.17) is 0 Å². The molecule has 0 aromatic rings. The molecular weight excluding hydrogens is 510 g/mol. The van der Waals surface area contributed by atoms with Crippen molar-refractivity contribution in [3.63, 3.8) is 0 Å². The van der Waals surface area contributed by atoms with E-state index in [1.165, 1.54) is 0 Å². The SMILES string of the molecule is FC(OC(F)=C(F)C(F)(OC(F)(F)F)C(F)(F)F)=C(F)C(F)(OC(F)(F)F)C(F)(F)F. The average Bonchev–Trinajstić information content (AvgIpc) is 2.47. The molecule has 0 aromatic heterocycles. The number of alkyl halides is 14. The standard InChI is InChI=1S/C10F18O3/c11-1(5(15,7(17,18)19)30-9(23,24)25)3(13)29-4(14)2(12)6(16,8(20,21)22)31-10(26,27)28. The Balaban J connectivity index is 6.44. The summed E-state index contributed by atoms with van der Waals surface area (Å²) in [6.07, 6.45) is -28.0. The topological polar surface area (TPSA) is 27.7 Å². The van der Waals surface area contributed by atoms with Crippen LogP contribution >= 0.6 is 0 Å². The highest BCUT2D eigenvalue weighted by Crippen LogP contribution is 2.48. The fraction of sp³-hybridized carbons (Fsp3) is 0.600. The second-order valence-electron chi connectivity index (χ2n) is 4.56. The molecule has 0 aromatic carbocycles. The third-order valence-electron chi connectivity index (χ3n) is 2.33. The Kier molecular flexibility index (Phi) is 7.90. The number of ether oxygens (including phenoxy) is 3. The van der Waals surface area contributed by atoms with Gasteiger partial charge in [-0.2, -0.15) is 52.7 Å². The van der Waals surface area contributed by atoms with Crippen molar-refractivity contribution in [2.75, 3.05) is 0 Å². The van der Waals surface area contributed by atoms with Gasteiger partial charge in [-0.05, 0) is 0 Å². The van der Waals surface area contributed by atoms with E-state index in [1.54, 1.807) is 9.47 Å². The molecule has 0 amide bonds. The lowest BCUT2D eigenvalue weighted by Crippen LogP contribution is -2.48. The van der Waals surface area contributed by atoms with Gasteiger partial charge >= 0.3 is 48.8 Å². The van der Waals surface area contributed by atoms with Gasteiger partial charge in [0.2, 0.25) is 11.7 Å². The first-order valence-electron chi connectivity index (χ1n) is 6.13. The van der Waals surface area contributed by atoms with Gasteiger partial charge in [-0.25, -0.2) is 9.47 Å². The highest BCUT2D eigenvalue weighted by atomic mass is 19.4. The molecular formula is C10F18O3. The van der Waals surface area contributed by atoms with Crippen molar-refractivity contribution in [3.8, 4) is 0 Å². The summed E-state index contributed by atoms with van der Waals surface area (Å²) >= 11 is 0. The number of hydrogen-bond acceptors (Lipinski definition) is 3. The van der Waals surface area contributed by atoms with E-state index in [0.29, 0.717) is 0 Å². The van der Waals surface area contributed by atoms with E-state index in [9.17, 15) is 79.0 Å². The van der Waals surface area contributed by atoms with Gasteiger partial charge in [0.25, 0.3) is 0 Å². The minimum atomic E-state index is -7.22. The van der Waals surface area contributed by atoms with E-state index in [0.717, 1.165) is 0 Å². The highest BCUT2D eigenvalue weighted by Gasteiger charge is 2.69. The lowest BCUT2D eigenvalue weighted by atomic mass is 10.2. The van der Waals surface area contributed by atoms with Crippen LogP contribution in [0.4, 0.5) is 79.0 Å². The Morgan fingerprint density at radius 1 is 0.419 bits per heavy atom. The summed E-state index contributed by atoms with van der Waals surface area (Å²) in [5.41, 5.74) is 0. The van der Waals surface area contributed by atoms with E-state index in [-0.39, 0.29) is 0 Å². The van der Waals surface area contributed by atoms with Gasteiger partial charge in [0.05, 0.1) is 0 Å². The summed E-state index contributed by atoms with van der Waals surface area (Å²) in [5.74, 6) is -23.1. The van der Waals surface area contributed by atoms with Crippen LogP contribution in [0.1, 0.15) is 0 Å². The Labute approximate surface area is 155 Å². The minimum absolute atomic E-state index is 1.60. The van der Waals surface area contributed by atoms with Crippen molar-refractivity contribution >= 4 is 0 Å². The van der Waals surface area contributed by atoms with Crippen LogP contribution in [0.2, 0.25) is 0 Å². The first kappa shape index (κ1) is 28.9. The molecule has 0 heterocycles. The van der Waals surface area contributed by atoms with Crippen LogP contribution in [0.15, 0.2) is 23.7 Å². The summed E-state index contributed by atoms with van der Waals surface area (Å²) in [6.45, 7) is 0. The van der Waals surface area contributed by atoms with Crippen molar-refractivity contribution in [2.24, 2.45) is 0 Å². The second-order valence-corrected chi connectivity index (χ2v) is 4.56. The van der Waals surface area contributed by atoms with Crippen molar-refractivity contribution in [1.29, 1.82) is 0 Å². The third-order valence-corrected chi connectivity index (χ3v) is 2.33. The van der Waals surface area contributed by atoms with Gasteiger partial charge in [-0.15, -0.1) is 26.3 Å². The van der Waals surface area contributed by atoms with Crippen LogP contribution in [0.3, 0.4) is 0 Å². The van der Waals surface area contributed by atoms with Gasteiger partial charge in [0.1, 0.15) is 0 Å². The fourth-order valence-corrected chi connectivity index (χ4v) is 1.19. The molecule has 0 spiro atoms. The fourth-order valence-electron chi connectivity index (χ4n) is 1.19. The normalized spacial score (nSPS) is 19.8. The zero-order valence-corrected chi connectivity index (χ0v) is 13.0. The molecule has 0 N–H and O–H groups in total. The summed E-state index contributed by atoms with van der Waals surface area (Å²) in [5, 5.41) is 0. The van der Waals surface area contributed by atoms with Crippen molar-refractivity contribution in [3.05, 3.63) is 23.7 Å². The first-order valence-corrected chi connectivity index (χ1v) is 6.13. The maximum Gasteiger partial charge on any atom is 0.525 e. The Hall–Kier alpha value is -2.06. The molecule has 0 aliphatic heterocycles. The molecule has 0 bridgehead atoms. The van der Waals surface area contributed by atoms with E-state index >= 15 is 0 Å². The smallest absolute Gasteiger partial charge is 0.400 e. The van der Waals surface area contributed by atoms with Crippen LogP contribution in [-0.4, -0.2) is 36.8 Å². The Morgan fingerprint density at radius 3 is 0.806 bits per heavy atom. The highest BCUT2D eigenvalue weighted by molar-refractivity contribution is 5.14. The van der Waals surface area contributed by atoms with Crippen LogP contribution in [0.5, 0.6) is 0 Å². The predicted molar refractivity (Wildman–Crippen MR) is 53.6 cm³/mol. The molecule has 2 atom stereocenters. The van der Waals surface area contributed by atoms with Gasteiger partial charge in [-0.3, -0.25) is 0 Å². The molecule has 0 aliphatic rings. The van der Waals surface area contributed by atoms with Crippen LogP contribution in [-0.2, 0) is 14.2 Å². The lowest BCUT2D eigenvalue weighted by Gasteiger charge is -2.27. The third kappa shape index (κ3) is 6.97. The van der Waals surface area contributed by atoms with Crippen molar-refractivity contribution in [1.82, 2.24) is 0 Å². The molecule has 0 fully saturated rings. The van der Waals surface area contributed by atoms with Crippen molar-refractivity contribution < 1.29 is 93.2 Å². The molecule has 0 saturated heterocycles. The molecule has 0 rings (SSSR count). The quantitative estimate of drug-likeness (QED) is 0.293. The van der Waals surface area contributed by atoms with Gasteiger partial charge in [-0.1, -0.05) is 0 Å². The summed E-state index contributed by atoms with van der Waals surface area (Å²) in [6, 6.07) is -8.62. The van der Waals surface area contributed by atoms with Gasteiger partial charge < -0.3 is 4.74 Å². The van der Waals surface area contributed by atoms with Crippen molar-refractivity contribution in [2.45, 2.75) is 36.8 Å². The largest absolute Gasteiger partial charge is 0.525 e. The zero-order chi connectivity index (χ0) is 25.4. The average molecular weight is 510 g/mol. The maximum absolute atomic E-state index is 13.3. The molecule has 0 radical (unpaired) electrons. The Bertz CT molecular complexity index is 650. The maximum atomic E-state index is 13.3. The summed E-state index contributed by atoms with van der Waals surface area (Å²) in [4.78, 5) is 0. The molecule has 2 unspecified atom stereocenters. The molecule has 184 valence electrons. The Morgan fingerprint density at radius 2 is 0.645 bits per heavy atom. The summed E-state index contributed by atoms with van der Waals surface area (Å²) in [7, 11) is 0. The van der Waals surface area contributed by atoms with E-state index < -0.39 is 60.5 Å². The molecule has 0 aliphatic carbocycles. The van der Waals surface area contributed by atoms with Crippen LogP contribution in [0.25, 0.3) is 0 Å². The molecule has 31 heavy (non-hydrogen) atoms. The van der Waals surface area contributed by atoms with E-state index in [2.05, 4.69) is 4.74 Å². The minimum Gasteiger partial charge on any atom is -0.400 e.